The summed E-state index contributed by atoms with van der Waals surface area (Å²) in [6, 6.07) is 6.08. The van der Waals surface area contributed by atoms with E-state index in [0.29, 0.717) is 30.6 Å². The molecule has 1 aromatic carbocycles. The Bertz CT molecular complexity index is 650. The van der Waals surface area contributed by atoms with E-state index in [2.05, 4.69) is 15.3 Å². The van der Waals surface area contributed by atoms with Crippen molar-refractivity contribution in [3.8, 4) is 5.88 Å². The van der Waals surface area contributed by atoms with Crippen molar-refractivity contribution in [2.75, 3.05) is 18.5 Å². The zero-order valence-electron chi connectivity index (χ0n) is 11.8. The monoisotopic (exact) mass is 323 g/mol. The Morgan fingerprint density at radius 2 is 2.05 bits per heavy atom. The van der Waals surface area contributed by atoms with E-state index in [9.17, 15) is 4.39 Å². The number of aromatic nitrogens is 2. The van der Waals surface area contributed by atoms with E-state index in [0.717, 1.165) is 12.8 Å². The van der Waals surface area contributed by atoms with Gasteiger partial charge in [0, 0.05) is 24.6 Å². The van der Waals surface area contributed by atoms with Gasteiger partial charge < -0.3 is 14.8 Å². The standard InChI is InChI=1S/C15H15ClFN3O2/c16-12-7-10(1-2-13(12)17)20-14-8-15(19-9-18-14)22-11-3-5-21-6-4-11/h1-2,7-9,11H,3-6H2,(H,18,19,20). The van der Waals surface area contributed by atoms with E-state index < -0.39 is 5.82 Å². The highest BCUT2D eigenvalue weighted by atomic mass is 35.5. The Morgan fingerprint density at radius 3 is 2.82 bits per heavy atom. The molecule has 0 aliphatic carbocycles. The van der Waals surface area contributed by atoms with Crippen LogP contribution >= 0.6 is 11.6 Å². The highest BCUT2D eigenvalue weighted by Crippen LogP contribution is 2.23. The zero-order valence-corrected chi connectivity index (χ0v) is 12.5. The molecule has 5 nitrogen and oxygen atoms in total. The maximum atomic E-state index is 13.1. The molecule has 0 unspecified atom stereocenters. The van der Waals surface area contributed by atoms with Crippen LogP contribution in [0, 0.1) is 5.82 Å². The SMILES string of the molecule is Fc1ccc(Nc2cc(OC3CCOCC3)ncn2)cc1Cl. The van der Waals surface area contributed by atoms with E-state index >= 15 is 0 Å². The molecule has 7 heteroatoms. The molecule has 0 atom stereocenters. The fourth-order valence-corrected chi connectivity index (χ4v) is 2.34. The smallest absolute Gasteiger partial charge is 0.218 e. The van der Waals surface area contributed by atoms with E-state index in [4.69, 9.17) is 21.1 Å². The average Bonchev–Trinajstić information content (AvgIpc) is 2.52. The average molecular weight is 324 g/mol. The summed E-state index contributed by atoms with van der Waals surface area (Å²) in [6.07, 6.45) is 3.22. The first-order valence-corrected chi connectivity index (χ1v) is 7.37. The van der Waals surface area contributed by atoms with E-state index in [1.807, 2.05) is 0 Å². The number of hydrogen-bond donors (Lipinski definition) is 1. The number of benzene rings is 1. The van der Waals surface area contributed by atoms with Crippen LogP contribution in [0.15, 0.2) is 30.6 Å². The van der Waals surface area contributed by atoms with E-state index in [1.54, 1.807) is 12.1 Å². The minimum absolute atomic E-state index is 0.0535. The predicted octanol–water partition coefficient (Wildman–Crippen LogP) is 3.57. The zero-order chi connectivity index (χ0) is 15.4. The number of halogens is 2. The Labute approximate surface area is 132 Å². The summed E-state index contributed by atoms with van der Waals surface area (Å²) in [5, 5.41) is 3.10. The molecule has 0 spiro atoms. The summed E-state index contributed by atoms with van der Waals surface area (Å²) in [4.78, 5) is 8.22. The fourth-order valence-electron chi connectivity index (χ4n) is 2.16. The van der Waals surface area contributed by atoms with E-state index in [-0.39, 0.29) is 11.1 Å². The lowest BCUT2D eigenvalue weighted by Gasteiger charge is -2.22. The van der Waals surface area contributed by atoms with Crippen molar-refractivity contribution >= 4 is 23.1 Å². The summed E-state index contributed by atoms with van der Waals surface area (Å²) in [7, 11) is 0. The minimum atomic E-state index is -0.460. The van der Waals surface area contributed by atoms with Crippen molar-refractivity contribution < 1.29 is 13.9 Å². The number of nitrogens with one attached hydrogen (secondary N) is 1. The molecule has 1 aliphatic rings. The number of hydrogen-bond acceptors (Lipinski definition) is 5. The van der Waals surface area contributed by atoms with Crippen LogP contribution in [0.4, 0.5) is 15.9 Å². The molecule has 22 heavy (non-hydrogen) atoms. The van der Waals surface area contributed by atoms with Gasteiger partial charge in [-0.15, -0.1) is 0 Å². The first-order chi connectivity index (χ1) is 10.7. The summed E-state index contributed by atoms with van der Waals surface area (Å²) >= 11 is 5.76. The molecule has 3 rings (SSSR count). The maximum absolute atomic E-state index is 13.1. The normalized spacial score (nSPS) is 15.5. The largest absolute Gasteiger partial charge is 0.474 e. The minimum Gasteiger partial charge on any atom is -0.474 e. The second kappa shape index (κ2) is 6.89. The molecule has 1 aliphatic heterocycles. The lowest BCUT2D eigenvalue weighted by Crippen LogP contribution is -2.26. The van der Waals surface area contributed by atoms with Crippen LogP contribution in [0.1, 0.15) is 12.8 Å². The maximum Gasteiger partial charge on any atom is 0.218 e. The lowest BCUT2D eigenvalue weighted by molar-refractivity contribution is 0.0237. The van der Waals surface area contributed by atoms with Crippen molar-refractivity contribution in [3.05, 3.63) is 41.4 Å². The number of nitrogens with zero attached hydrogens (tertiary/aromatic N) is 2. The van der Waals surface area contributed by atoms with Gasteiger partial charge in [-0.2, -0.15) is 0 Å². The van der Waals surface area contributed by atoms with Crippen LogP contribution in [-0.4, -0.2) is 29.3 Å². The molecular formula is C15H15ClFN3O2. The highest BCUT2D eigenvalue weighted by molar-refractivity contribution is 6.31. The van der Waals surface area contributed by atoms with Gasteiger partial charge >= 0.3 is 0 Å². The van der Waals surface area contributed by atoms with Gasteiger partial charge in [-0.25, -0.2) is 14.4 Å². The Hall–Kier alpha value is -1.92. The molecule has 0 bridgehead atoms. The van der Waals surface area contributed by atoms with Gasteiger partial charge in [0.2, 0.25) is 5.88 Å². The van der Waals surface area contributed by atoms with Crippen LogP contribution in [-0.2, 0) is 4.74 Å². The molecular weight excluding hydrogens is 309 g/mol. The molecule has 1 aromatic heterocycles. The third-order valence-electron chi connectivity index (χ3n) is 3.29. The third-order valence-corrected chi connectivity index (χ3v) is 3.58. The van der Waals surface area contributed by atoms with Gasteiger partial charge in [-0.1, -0.05) is 11.6 Å². The second-order valence-electron chi connectivity index (χ2n) is 4.92. The molecule has 1 saturated heterocycles. The van der Waals surface area contributed by atoms with Crippen molar-refractivity contribution in [2.45, 2.75) is 18.9 Å². The quantitative estimate of drug-likeness (QED) is 0.932. The fraction of sp³-hybridized carbons (Fsp3) is 0.333. The van der Waals surface area contributed by atoms with Crippen molar-refractivity contribution in [1.82, 2.24) is 9.97 Å². The summed E-state index contributed by atoms with van der Waals surface area (Å²) in [5.41, 5.74) is 0.641. The molecule has 0 radical (unpaired) electrons. The molecule has 1 fully saturated rings. The van der Waals surface area contributed by atoms with Crippen LogP contribution in [0.5, 0.6) is 5.88 Å². The Balaban J connectivity index is 1.68. The Kier molecular flexibility index (Phi) is 4.70. The first kappa shape index (κ1) is 15.0. The predicted molar refractivity (Wildman–Crippen MR) is 81.2 cm³/mol. The van der Waals surface area contributed by atoms with E-state index in [1.165, 1.54) is 18.5 Å². The van der Waals surface area contributed by atoms with Gasteiger partial charge in [0.05, 0.1) is 18.2 Å². The lowest BCUT2D eigenvalue weighted by atomic mass is 10.2. The molecule has 1 N–H and O–H groups in total. The highest BCUT2D eigenvalue weighted by Gasteiger charge is 2.16. The molecule has 2 heterocycles. The van der Waals surface area contributed by atoms with Crippen LogP contribution < -0.4 is 10.1 Å². The summed E-state index contributed by atoms with van der Waals surface area (Å²) in [6.45, 7) is 1.41. The van der Waals surface area contributed by atoms with Crippen LogP contribution in [0.25, 0.3) is 0 Å². The molecule has 2 aromatic rings. The molecule has 116 valence electrons. The van der Waals surface area contributed by atoms with Gasteiger partial charge in [-0.05, 0) is 18.2 Å². The van der Waals surface area contributed by atoms with Crippen LogP contribution in [0.3, 0.4) is 0 Å². The topological polar surface area (TPSA) is 56.3 Å². The number of anilines is 2. The van der Waals surface area contributed by atoms with Gasteiger partial charge in [0.15, 0.2) is 0 Å². The van der Waals surface area contributed by atoms with Crippen molar-refractivity contribution in [2.24, 2.45) is 0 Å². The Morgan fingerprint density at radius 1 is 1.23 bits per heavy atom. The molecule has 0 amide bonds. The van der Waals surface area contributed by atoms with Gasteiger partial charge in [0.25, 0.3) is 0 Å². The number of rotatable bonds is 4. The van der Waals surface area contributed by atoms with Gasteiger partial charge in [-0.3, -0.25) is 0 Å². The van der Waals surface area contributed by atoms with Crippen molar-refractivity contribution in [3.63, 3.8) is 0 Å². The third kappa shape index (κ3) is 3.84. The van der Waals surface area contributed by atoms with Crippen molar-refractivity contribution in [1.29, 1.82) is 0 Å². The van der Waals surface area contributed by atoms with Gasteiger partial charge in [0.1, 0.15) is 24.1 Å². The number of ether oxygens (including phenoxy) is 2. The second-order valence-corrected chi connectivity index (χ2v) is 5.33. The summed E-state index contributed by atoms with van der Waals surface area (Å²) in [5.74, 6) is 0.593. The van der Waals surface area contributed by atoms with Crippen LogP contribution in [0.2, 0.25) is 5.02 Å². The molecule has 0 saturated carbocycles. The first-order valence-electron chi connectivity index (χ1n) is 6.99. The summed E-state index contributed by atoms with van der Waals surface area (Å²) < 4.78 is 24.3.